The molecule has 0 fully saturated rings. The number of nitrogens with zero attached hydrogens (tertiary/aromatic N) is 2. The van der Waals surface area contributed by atoms with Crippen LogP contribution in [-0.4, -0.2) is 23.1 Å². The second kappa shape index (κ2) is 7.00. The molecule has 27 heavy (non-hydrogen) atoms. The molecule has 5 heteroatoms. The summed E-state index contributed by atoms with van der Waals surface area (Å²) in [7, 11) is 2.17. The van der Waals surface area contributed by atoms with E-state index in [0.29, 0.717) is 5.02 Å². The number of likely N-dealkylation sites (N-methyl/N-ethyl adjacent to an activating group) is 1. The molecule has 3 aromatic rings. The molecule has 0 aliphatic carbocycles. The van der Waals surface area contributed by atoms with Crippen LogP contribution in [0.3, 0.4) is 0 Å². The molecule has 0 spiro atoms. The Morgan fingerprint density at radius 1 is 1.00 bits per heavy atom. The van der Waals surface area contributed by atoms with E-state index in [0.717, 1.165) is 41.7 Å². The highest BCUT2D eigenvalue weighted by atomic mass is 35.5. The molecule has 0 unspecified atom stereocenters. The maximum Gasteiger partial charge on any atom is 0.0487 e. The van der Waals surface area contributed by atoms with Crippen molar-refractivity contribution in [3.8, 4) is 0 Å². The average Bonchev–Trinajstić information content (AvgIpc) is 2.86. The highest BCUT2D eigenvalue weighted by Gasteiger charge is 2.29. The van der Waals surface area contributed by atoms with Crippen molar-refractivity contribution in [2.24, 2.45) is 0 Å². The Balaban J connectivity index is 1.84. The normalized spacial score (nSPS) is 15.3. The van der Waals surface area contributed by atoms with E-state index >= 15 is 0 Å². The van der Waals surface area contributed by atoms with Crippen LogP contribution in [0.15, 0.2) is 36.4 Å². The molecule has 142 valence electrons. The van der Waals surface area contributed by atoms with E-state index in [1.807, 2.05) is 24.3 Å². The zero-order valence-electron chi connectivity index (χ0n) is 15.8. The van der Waals surface area contributed by atoms with Crippen molar-refractivity contribution in [3.63, 3.8) is 0 Å². The van der Waals surface area contributed by atoms with Crippen LogP contribution in [0.5, 0.6) is 0 Å². The maximum absolute atomic E-state index is 6.54. The minimum Gasteiger partial charge on any atom is -0.343 e. The first-order valence-electron chi connectivity index (χ1n) is 9.20. The van der Waals surface area contributed by atoms with Crippen LogP contribution in [0.25, 0.3) is 10.9 Å². The number of hydrogen-bond donors (Lipinski definition) is 0. The Kier molecular flexibility index (Phi) is 4.97. The largest absolute Gasteiger partial charge is 0.343 e. The standard InChI is InChI=1S/C22H23Cl3N2/c1-22(2,18-6-4-15(24)11-19(18)25)13-27-20-7-5-14(23)10-16(20)17-12-26(3)9-8-21(17)27/h4-7,10-11H,8-9,12-13H2,1-3H3. The summed E-state index contributed by atoms with van der Waals surface area (Å²) in [4.78, 5) is 2.37. The number of fused-ring (bicyclic) bond motifs is 3. The first-order chi connectivity index (χ1) is 12.8. The Morgan fingerprint density at radius 3 is 2.44 bits per heavy atom. The lowest BCUT2D eigenvalue weighted by molar-refractivity contribution is 0.306. The second-order valence-electron chi connectivity index (χ2n) is 8.17. The van der Waals surface area contributed by atoms with Gasteiger partial charge in [0, 0.05) is 63.1 Å². The molecule has 0 N–H and O–H groups in total. The van der Waals surface area contributed by atoms with Gasteiger partial charge in [0.15, 0.2) is 0 Å². The SMILES string of the molecule is CN1CCc2c(c3cc(Cl)ccc3n2CC(C)(C)c2ccc(Cl)cc2Cl)C1. The van der Waals surface area contributed by atoms with Crippen LogP contribution >= 0.6 is 34.8 Å². The van der Waals surface area contributed by atoms with Crippen LogP contribution in [-0.2, 0) is 24.9 Å². The van der Waals surface area contributed by atoms with Crippen molar-refractivity contribution in [2.45, 2.75) is 38.8 Å². The van der Waals surface area contributed by atoms with Gasteiger partial charge in [-0.05, 0) is 48.5 Å². The van der Waals surface area contributed by atoms with Gasteiger partial charge >= 0.3 is 0 Å². The summed E-state index contributed by atoms with van der Waals surface area (Å²) >= 11 is 19.0. The van der Waals surface area contributed by atoms with E-state index in [9.17, 15) is 0 Å². The van der Waals surface area contributed by atoms with E-state index in [1.165, 1.54) is 22.2 Å². The summed E-state index contributed by atoms with van der Waals surface area (Å²) in [5.41, 5.74) is 5.05. The van der Waals surface area contributed by atoms with Crippen LogP contribution < -0.4 is 0 Å². The summed E-state index contributed by atoms with van der Waals surface area (Å²) in [5.74, 6) is 0. The Morgan fingerprint density at radius 2 is 1.70 bits per heavy atom. The van der Waals surface area contributed by atoms with E-state index in [4.69, 9.17) is 34.8 Å². The molecule has 1 aliphatic rings. The smallest absolute Gasteiger partial charge is 0.0487 e. The van der Waals surface area contributed by atoms with E-state index in [-0.39, 0.29) is 5.41 Å². The van der Waals surface area contributed by atoms with Gasteiger partial charge in [-0.25, -0.2) is 0 Å². The lowest BCUT2D eigenvalue weighted by Gasteiger charge is -2.30. The zero-order valence-corrected chi connectivity index (χ0v) is 18.1. The fourth-order valence-corrected chi connectivity index (χ4v) is 5.09. The lowest BCUT2D eigenvalue weighted by Crippen LogP contribution is -2.30. The highest BCUT2D eigenvalue weighted by molar-refractivity contribution is 6.35. The van der Waals surface area contributed by atoms with E-state index in [2.05, 4.69) is 42.5 Å². The van der Waals surface area contributed by atoms with Gasteiger partial charge in [-0.15, -0.1) is 0 Å². The molecule has 0 atom stereocenters. The third kappa shape index (κ3) is 3.49. The number of benzene rings is 2. The van der Waals surface area contributed by atoms with Crippen molar-refractivity contribution in [2.75, 3.05) is 13.6 Å². The van der Waals surface area contributed by atoms with Crippen LogP contribution in [0.4, 0.5) is 0 Å². The molecule has 0 amide bonds. The number of halogens is 3. The van der Waals surface area contributed by atoms with Gasteiger partial charge in [0.05, 0.1) is 0 Å². The first kappa shape index (κ1) is 19.1. The first-order valence-corrected chi connectivity index (χ1v) is 10.3. The second-order valence-corrected chi connectivity index (χ2v) is 9.45. The minimum absolute atomic E-state index is 0.135. The predicted octanol–water partition coefficient (Wildman–Crippen LogP) is 6.57. The van der Waals surface area contributed by atoms with Crippen molar-refractivity contribution in [1.29, 1.82) is 0 Å². The van der Waals surface area contributed by atoms with Crippen LogP contribution in [0.2, 0.25) is 15.1 Å². The van der Waals surface area contributed by atoms with Gasteiger partial charge in [-0.3, -0.25) is 0 Å². The van der Waals surface area contributed by atoms with Crippen LogP contribution in [0.1, 0.15) is 30.7 Å². The quantitative estimate of drug-likeness (QED) is 0.464. The number of hydrogen-bond acceptors (Lipinski definition) is 1. The Labute approximate surface area is 175 Å². The minimum atomic E-state index is -0.135. The molecular formula is C22H23Cl3N2. The Bertz CT molecular complexity index is 1020. The molecule has 2 aromatic carbocycles. The monoisotopic (exact) mass is 420 g/mol. The molecule has 1 aliphatic heterocycles. The van der Waals surface area contributed by atoms with Gasteiger partial charge < -0.3 is 9.47 Å². The molecular weight excluding hydrogens is 399 g/mol. The van der Waals surface area contributed by atoms with Crippen molar-refractivity contribution >= 4 is 45.7 Å². The summed E-state index contributed by atoms with van der Waals surface area (Å²) < 4.78 is 2.47. The molecule has 0 saturated heterocycles. The fraction of sp³-hybridized carbons (Fsp3) is 0.364. The van der Waals surface area contributed by atoms with Gasteiger partial charge in [-0.1, -0.05) is 54.7 Å². The number of rotatable bonds is 3. The molecule has 0 bridgehead atoms. The zero-order chi connectivity index (χ0) is 19.3. The van der Waals surface area contributed by atoms with Gasteiger partial charge in [0.1, 0.15) is 0 Å². The van der Waals surface area contributed by atoms with Crippen molar-refractivity contribution in [3.05, 3.63) is 68.3 Å². The third-order valence-corrected chi connectivity index (χ3v) is 6.40. The summed E-state index contributed by atoms with van der Waals surface area (Å²) in [6.07, 6.45) is 1.04. The van der Waals surface area contributed by atoms with Crippen molar-refractivity contribution in [1.82, 2.24) is 9.47 Å². The van der Waals surface area contributed by atoms with Gasteiger partial charge in [0.25, 0.3) is 0 Å². The molecule has 1 aromatic heterocycles. The molecule has 0 radical (unpaired) electrons. The molecule has 2 heterocycles. The molecule has 0 saturated carbocycles. The molecule has 4 rings (SSSR count). The Hall–Kier alpha value is -1.19. The topological polar surface area (TPSA) is 8.17 Å². The predicted molar refractivity (Wildman–Crippen MR) is 116 cm³/mol. The average molecular weight is 422 g/mol. The van der Waals surface area contributed by atoms with Gasteiger partial charge in [-0.2, -0.15) is 0 Å². The van der Waals surface area contributed by atoms with E-state index in [1.54, 1.807) is 0 Å². The van der Waals surface area contributed by atoms with Crippen LogP contribution in [0, 0.1) is 0 Å². The maximum atomic E-state index is 6.54. The third-order valence-electron chi connectivity index (χ3n) is 5.62. The summed E-state index contributed by atoms with van der Waals surface area (Å²) in [6, 6.07) is 12.0. The molecule has 2 nitrogen and oxygen atoms in total. The van der Waals surface area contributed by atoms with E-state index < -0.39 is 0 Å². The highest BCUT2D eigenvalue weighted by Crippen LogP contribution is 2.38. The summed E-state index contributed by atoms with van der Waals surface area (Å²) in [5, 5.41) is 3.44. The summed E-state index contributed by atoms with van der Waals surface area (Å²) in [6.45, 7) is 7.36. The van der Waals surface area contributed by atoms with Crippen molar-refractivity contribution < 1.29 is 0 Å². The number of aromatic nitrogens is 1. The fourth-order valence-electron chi connectivity index (χ4n) is 4.26. The van der Waals surface area contributed by atoms with Gasteiger partial charge in [0.2, 0.25) is 0 Å². The lowest BCUT2D eigenvalue weighted by atomic mass is 9.84.